The molecule has 0 fully saturated rings. The zero-order chi connectivity index (χ0) is 18.4. The van der Waals surface area contributed by atoms with Gasteiger partial charge in [-0.05, 0) is 57.4 Å². The van der Waals surface area contributed by atoms with Crippen molar-refractivity contribution in [2.24, 2.45) is 0 Å². The topological polar surface area (TPSA) is 35.5 Å². The molecule has 0 heterocycles. The third-order valence-corrected chi connectivity index (χ3v) is 3.02. The maximum Gasteiger partial charge on any atom is 0.416 e. The van der Waals surface area contributed by atoms with Crippen molar-refractivity contribution in [1.29, 1.82) is 0 Å². The molecule has 1 aromatic rings. The lowest BCUT2D eigenvalue weighted by Crippen LogP contribution is -2.22. The highest BCUT2D eigenvalue weighted by Gasteiger charge is 2.30. The van der Waals surface area contributed by atoms with E-state index in [1.165, 1.54) is 12.1 Å². The van der Waals surface area contributed by atoms with E-state index in [-0.39, 0.29) is 6.61 Å². The molecule has 0 atom stereocenters. The van der Waals surface area contributed by atoms with Crippen molar-refractivity contribution in [3.8, 4) is 0 Å². The molecule has 0 spiro atoms. The highest BCUT2D eigenvalue weighted by atomic mass is 19.4. The van der Waals surface area contributed by atoms with Crippen LogP contribution in [0.5, 0.6) is 0 Å². The monoisotopic (exact) mass is 344 g/mol. The Balaban J connectivity index is 2.42. The van der Waals surface area contributed by atoms with Gasteiger partial charge in [-0.15, -0.1) is 0 Å². The van der Waals surface area contributed by atoms with Crippen LogP contribution >= 0.6 is 0 Å². The third kappa shape index (κ3) is 7.64. The summed E-state index contributed by atoms with van der Waals surface area (Å²) in [5, 5.41) is 0. The number of rotatable bonds is 6. The summed E-state index contributed by atoms with van der Waals surface area (Å²) < 4.78 is 48.5. The maximum atomic E-state index is 12.7. The molecule has 24 heavy (non-hydrogen) atoms. The first kappa shape index (κ1) is 20.2. The van der Waals surface area contributed by atoms with Crippen molar-refractivity contribution in [3.05, 3.63) is 47.0 Å². The van der Waals surface area contributed by atoms with Crippen molar-refractivity contribution in [3.63, 3.8) is 0 Å². The minimum atomic E-state index is -4.36. The molecule has 1 rings (SSSR count). The lowest BCUT2D eigenvalue weighted by molar-refractivity contribution is -0.148. The molecule has 0 aliphatic heterocycles. The van der Waals surface area contributed by atoms with Gasteiger partial charge in [0.25, 0.3) is 0 Å². The first-order valence-corrected chi connectivity index (χ1v) is 7.63. The van der Waals surface area contributed by atoms with Crippen LogP contribution in [0.2, 0.25) is 0 Å². The zero-order valence-electron chi connectivity index (χ0n) is 14.4. The van der Waals surface area contributed by atoms with Crippen LogP contribution in [0.25, 0.3) is 0 Å². The normalized spacial score (nSPS) is 12.6. The van der Waals surface area contributed by atoms with Gasteiger partial charge in [0.05, 0.1) is 18.8 Å². The van der Waals surface area contributed by atoms with Crippen LogP contribution in [-0.2, 0) is 27.1 Å². The summed E-state index contributed by atoms with van der Waals surface area (Å²) in [6.07, 6.45) is -0.951. The fourth-order valence-electron chi connectivity index (χ4n) is 1.85. The van der Waals surface area contributed by atoms with E-state index >= 15 is 0 Å². The van der Waals surface area contributed by atoms with Crippen molar-refractivity contribution < 1.29 is 27.4 Å². The van der Waals surface area contributed by atoms with Crippen LogP contribution in [0.15, 0.2) is 30.4 Å². The van der Waals surface area contributed by atoms with Crippen LogP contribution in [0.1, 0.15) is 43.9 Å². The van der Waals surface area contributed by atoms with Crippen molar-refractivity contribution in [1.82, 2.24) is 0 Å². The molecular formula is C18H23F3O3. The summed E-state index contributed by atoms with van der Waals surface area (Å²) in [6.45, 7) is 7.46. The second kappa shape index (κ2) is 8.33. The first-order valence-electron chi connectivity index (χ1n) is 7.63. The Bertz CT molecular complexity index is 584. The van der Waals surface area contributed by atoms with Gasteiger partial charge in [-0.25, -0.2) is 4.79 Å². The zero-order valence-corrected chi connectivity index (χ0v) is 14.4. The molecule has 134 valence electrons. The van der Waals surface area contributed by atoms with E-state index in [9.17, 15) is 18.0 Å². The Morgan fingerprint density at radius 2 is 1.88 bits per heavy atom. The Labute approximate surface area is 140 Å². The highest BCUT2D eigenvalue weighted by Crippen LogP contribution is 2.30. The molecule has 0 bridgehead atoms. The Morgan fingerprint density at radius 1 is 1.21 bits per heavy atom. The number of carbonyl (C=O) groups excluding carboxylic acids is 1. The van der Waals surface area contributed by atoms with E-state index in [1.807, 2.05) is 0 Å². The molecule has 0 aromatic heterocycles. The van der Waals surface area contributed by atoms with Crippen molar-refractivity contribution in [2.45, 2.75) is 52.5 Å². The van der Waals surface area contributed by atoms with Crippen molar-refractivity contribution >= 4 is 5.97 Å². The molecule has 0 saturated carbocycles. The van der Waals surface area contributed by atoms with Crippen molar-refractivity contribution in [2.75, 3.05) is 6.61 Å². The van der Waals surface area contributed by atoms with E-state index in [2.05, 4.69) is 0 Å². The predicted octanol–water partition coefficient (Wildman–Crippen LogP) is 4.82. The maximum absolute atomic E-state index is 12.7. The molecule has 6 heteroatoms. The molecule has 0 amide bonds. The fourth-order valence-corrected chi connectivity index (χ4v) is 1.85. The molecule has 0 aliphatic rings. The summed E-state index contributed by atoms with van der Waals surface area (Å²) in [7, 11) is 0. The molecule has 0 aliphatic carbocycles. The Hall–Kier alpha value is -1.82. The number of benzene rings is 1. The summed E-state index contributed by atoms with van der Waals surface area (Å²) in [5.74, 6) is -0.434. The number of halogens is 3. The summed E-state index contributed by atoms with van der Waals surface area (Å²) in [5.41, 5.74) is 0.0173. The number of aryl methyl sites for hydroxylation is 1. The van der Waals surface area contributed by atoms with Gasteiger partial charge in [0.15, 0.2) is 0 Å². The van der Waals surface area contributed by atoms with Crippen LogP contribution < -0.4 is 0 Å². The van der Waals surface area contributed by atoms with Crippen LogP contribution in [0.3, 0.4) is 0 Å². The second-order valence-electron chi connectivity index (χ2n) is 6.42. The molecule has 1 aromatic carbocycles. The average Bonchev–Trinajstić information content (AvgIpc) is 2.41. The van der Waals surface area contributed by atoms with Gasteiger partial charge in [0.1, 0.15) is 5.60 Å². The number of hydrogen-bond acceptors (Lipinski definition) is 3. The van der Waals surface area contributed by atoms with Gasteiger partial charge in [-0.3, -0.25) is 0 Å². The van der Waals surface area contributed by atoms with Gasteiger partial charge in [0, 0.05) is 6.08 Å². The van der Waals surface area contributed by atoms with Gasteiger partial charge >= 0.3 is 12.1 Å². The van der Waals surface area contributed by atoms with Gasteiger partial charge in [-0.2, -0.15) is 13.2 Å². The van der Waals surface area contributed by atoms with Gasteiger partial charge in [0.2, 0.25) is 0 Å². The number of hydrogen-bond donors (Lipinski definition) is 0. The van der Waals surface area contributed by atoms with Crippen LogP contribution in [0, 0.1) is 6.92 Å². The van der Waals surface area contributed by atoms with Crippen LogP contribution in [-0.4, -0.2) is 18.2 Å². The molecule has 0 N–H and O–H groups in total. The number of esters is 1. The first-order chi connectivity index (χ1) is 11.0. The summed E-state index contributed by atoms with van der Waals surface area (Å²) in [4.78, 5) is 11.4. The molecule has 0 unspecified atom stereocenters. The smallest absolute Gasteiger partial charge is 0.416 e. The summed E-state index contributed by atoms with van der Waals surface area (Å²) >= 11 is 0. The quantitative estimate of drug-likeness (QED) is 0.422. The minimum Gasteiger partial charge on any atom is -0.457 e. The minimum absolute atomic E-state index is 0.0933. The lowest BCUT2D eigenvalue weighted by atomic mass is 10.1. The van der Waals surface area contributed by atoms with E-state index < -0.39 is 23.3 Å². The fraction of sp³-hybridized carbons (Fsp3) is 0.500. The SMILES string of the molecule is Cc1ccc(C(F)(F)F)cc1COCC/C=C/C(=O)OC(C)(C)C. The molecule has 0 saturated heterocycles. The van der Waals surface area contributed by atoms with Gasteiger partial charge in [-0.1, -0.05) is 12.1 Å². The van der Waals surface area contributed by atoms with E-state index in [0.29, 0.717) is 18.6 Å². The predicted molar refractivity (Wildman–Crippen MR) is 85.4 cm³/mol. The van der Waals surface area contributed by atoms with E-state index in [0.717, 1.165) is 17.7 Å². The van der Waals surface area contributed by atoms with Gasteiger partial charge < -0.3 is 9.47 Å². The average molecular weight is 344 g/mol. The largest absolute Gasteiger partial charge is 0.457 e. The van der Waals surface area contributed by atoms with Crippen LogP contribution in [0.4, 0.5) is 13.2 Å². The molecule has 3 nitrogen and oxygen atoms in total. The van der Waals surface area contributed by atoms with E-state index in [1.54, 1.807) is 33.8 Å². The Morgan fingerprint density at radius 3 is 2.46 bits per heavy atom. The Kier molecular flexibility index (Phi) is 7.02. The number of ether oxygens (including phenoxy) is 2. The second-order valence-corrected chi connectivity index (χ2v) is 6.42. The summed E-state index contributed by atoms with van der Waals surface area (Å²) in [6, 6.07) is 3.60. The number of carbonyl (C=O) groups is 1. The lowest BCUT2D eigenvalue weighted by Gasteiger charge is -2.17. The molecule has 0 radical (unpaired) electrons. The number of alkyl halides is 3. The standard InChI is InChI=1S/C18H23F3O3/c1-13-8-9-15(18(19,20)21)11-14(13)12-23-10-6-5-7-16(22)24-17(2,3)4/h5,7-9,11H,6,10,12H2,1-4H3/b7-5+. The third-order valence-electron chi connectivity index (χ3n) is 3.02. The van der Waals surface area contributed by atoms with E-state index in [4.69, 9.17) is 9.47 Å². The highest BCUT2D eigenvalue weighted by molar-refractivity contribution is 5.82. The molecular weight excluding hydrogens is 321 g/mol.